The van der Waals surface area contributed by atoms with E-state index in [0.29, 0.717) is 62.4 Å². The fourth-order valence-electron chi connectivity index (χ4n) is 17.4. The van der Waals surface area contributed by atoms with E-state index in [4.69, 9.17) is 19.1 Å². The maximum Gasteiger partial charge on any atom is 0.320 e. The third kappa shape index (κ3) is 16.6. The zero-order valence-corrected chi connectivity index (χ0v) is 70.8. The van der Waals surface area contributed by atoms with Crippen LogP contribution in [0.4, 0.5) is 5.69 Å². The molecule has 1 unspecified atom stereocenters. The molecule has 25 heteroatoms. The van der Waals surface area contributed by atoms with Crippen LogP contribution in [0.15, 0.2) is 205 Å². The van der Waals surface area contributed by atoms with Crippen LogP contribution in [-0.2, 0) is 49.7 Å². The number of carbonyl (C=O) groups excluding carboxylic acids is 9. The summed E-state index contributed by atoms with van der Waals surface area (Å²) >= 11 is 0. The molecule has 0 saturated heterocycles. The largest absolute Gasteiger partial charge is 0.459 e. The number of hydrogen-bond donors (Lipinski definition) is 6. The van der Waals surface area contributed by atoms with E-state index < -0.39 is 5.60 Å². The molecular weight excluding hydrogens is 1560 g/mol. The molecular formula is C99H96N14O11. The molecule has 7 aliphatic heterocycles. The summed E-state index contributed by atoms with van der Waals surface area (Å²) in [7, 11) is 5.78. The zero-order chi connectivity index (χ0) is 87.1. The highest BCUT2D eigenvalue weighted by Crippen LogP contribution is 2.43. The molecule has 1 atom stereocenters. The number of carbonyl (C=O) groups is 9. The van der Waals surface area contributed by atoms with Crippen molar-refractivity contribution in [3.63, 3.8) is 0 Å². The number of rotatable bonds is 10. The van der Waals surface area contributed by atoms with Gasteiger partial charge in [0, 0.05) is 161 Å². The van der Waals surface area contributed by atoms with Crippen LogP contribution < -0.4 is 26.6 Å². The second-order valence-electron chi connectivity index (χ2n) is 33.0. The Balaban J connectivity index is 0.000000111. The summed E-state index contributed by atoms with van der Waals surface area (Å²) < 4.78 is 19.4. The molecule has 0 aliphatic carbocycles. The molecule has 628 valence electrons. The lowest BCUT2D eigenvalue weighted by atomic mass is 9.87. The second kappa shape index (κ2) is 34.6. The van der Waals surface area contributed by atoms with Gasteiger partial charge in [0.25, 0.3) is 29.5 Å². The van der Waals surface area contributed by atoms with Crippen LogP contribution >= 0.6 is 0 Å². The number of aromatic amines is 1. The van der Waals surface area contributed by atoms with Gasteiger partial charge in [0.15, 0.2) is 28.9 Å². The fourth-order valence-corrected chi connectivity index (χ4v) is 17.4. The average Bonchev–Trinajstić information content (AvgIpc) is 1.57. The third-order valence-corrected chi connectivity index (χ3v) is 23.4. The molecule has 6 aromatic heterocycles. The lowest BCUT2D eigenvalue weighted by Gasteiger charge is -2.22. The van der Waals surface area contributed by atoms with Gasteiger partial charge in [0.2, 0.25) is 0 Å². The van der Waals surface area contributed by atoms with E-state index in [2.05, 4.69) is 58.8 Å². The Morgan fingerprint density at radius 3 is 1.90 bits per heavy atom. The summed E-state index contributed by atoms with van der Waals surface area (Å²) in [6.45, 7) is 23.6. The van der Waals surface area contributed by atoms with Gasteiger partial charge in [-0.05, 0) is 187 Å². The number of likely N-dealkylation sites (N-methyl/N-ethyl adjacent to an activating group) is 1. The smallest absolute Gasteiger partial charge is 0.320 e. The van der Waals surface area contributed by atoms with Crippen LogP contribution in [0.2, 0.25) is 0 Å². The highest BCUT2D eigenvalue weighted by molar-refractivity contribution is 6.23. The van der Waals surface area contributed by atoms with Crippen LogP contribution in [0.1, 0.15) is 182 Å². The van der Waals surface area contributed by atoms with E-state index in [9.17, 15) is 43.2 Å². The van der Waals surface area contributed by atoms with Crippen LogP contribution in [0, 0.1) is 13.8 Å². The molecule has 0 bridgehead atoms. The van der Waals surface area contributed by atoms with Crippen molar-refractivity contribution in [1.82, 2.24) is 64.7 Å². The van der Waals surface area contributed by atoms with E-state index in [-0.39, 0.29) is 71.9 Å². The first-order valence-electron chi connectivity index (χ1n) is 41.6. The van der Waals surface area contributed by atoms with Crippen molar-refractivity contribution in [2.24, 2.45) is 19.1 Å². The van der Waals surface area contributed by atoms with E-state index in [1.165, 1.54) is 5.56 Å². The molecule has 5 amide bonds. The number of ether oxygens (including phenoxy) is 1. The number of hydrogen-bond acceptors (Lipinski definition) is 15. The monoisotopic (exact) mass is 1660 g/mol. The van der Waals surface area contributed by atoms with E-state index in [1.807, 2.05) is 246 Å². The lowest BCUT2D eigenvalue weighted by molar-refractivity contribution is -0.155. The Kier molecular flexibility index (Phi) is 23.2. The SMILES string of the molecule is C=C1CNC(=O)c2cccc3[nH]cc1c23.C=C1CNC(=O)c2cccc3c2c1cn3C.CC(=O)c1ccc(CCC2=Nc3cccc4c3C2CCNC4=O)cc1.CN(CC(=O)OC(C)(C)C)Cc1nc2cccc3c2n1CCNC3=O.Cc1cc(-c2nc3cccc4c3n2CCCC4=O)oc1C.Cn1c(-c2ccccc2)c2c3c(cccc31)C(=O)NCC2=O. The Morgan fingerprint density at radius 2 is 1.20 bits per heavy atom. The second-order valence-corrected chi connectivity index (χ2v) is 33.0. The van der Waals surface area contributed by atoms with Gasteiger partial charge in [-0.15, -0.1) is 0 Å². The van der Waals surface area contributed by atoms with E-state index >= 15 is 0 Å². The number of Topliss-reactive ketones (excluding diaryl/α,β-unsaturated/α-hetero) is 3. The number of para-hydroxylation sites is 2. The van der Waals surface area contributed by atoms with Gasteiger partial charge < -0.3 is 59.0 Å². The number of aryl methyl sites for hydroxylation is 6. The van der Waals surface area contributed by atoms with Crippen molar-refractivity contribution in [1.29, 1.82) is 0 Å². The first kappa shape index (κ1) is 83.2. The number of nitrogens with one attached hydrogen (secondary N) is 6. The highest BCUT2D eigenvalue weighted by atomic mass is 16.6. The van der Waals surface area contributed by atoms with Gasteiger partial charge in [-0.2, -0.15) is 0 Å². The van der Waals surface area contributed by atoms with Gasteiger partial charge in [-0.25, -0.2) is 9.97 Å². The molecule has 25 nitrogen and oxygen atoms in total. The summed E-state index contributed by atoms with van der Waals surface area (Å²) in [5, 5.41) is 17.0. The molecule has 0 fully saturated rings. The lowest BCUT2D eigenvalue weighted by Crippen LogP contribution is -2.33. The topological polar surface area (TPSA) is 313 Å². The predicted molar refractivity (Wildman–Crippen MR) is 482 cm³/mol. The average molecular weight is 1660 g/mol. The van der Waals surface area contributed by atoms with Crippen LogP contribution in [0.3, 0.4) is 0 Å². The minimum Gasteiger partial charge on any atom is -0.459 e. The normalized spacial score (nSPS) is 15.4. The van der Waals surface area contributed by atoms with Gasteiger partial charge in [-0.1, -0.05) is 104 Å². The summed E-state index contributed by atoms with van der Waals surface area (Å²) in [6.07, 6.45) is 8.04. The molecule has 0 saturated carbocycles. The van der Waals surface area contributed by atoms with Gasteiger partial charge >= 0.3 is 5.97 Å². The zero-order valence-electron chi connectivity index (χ0n) is 70.8. The molecule has 13 heterocycles. The molecule has 14 aromatic rings. The number of aromatic nitrogens is 7. The molecule has 0 radical (unpaired) electrons. The van der Waals surface area contributed by atoms with Crippen LogP contribution in [0.25, 0.3) is 88.8 Å². The maximum atomic E-state index is 12.6. The number of aliphatic imine (C=N–C) groups is 1. The Morgan fingerprint density at radius 1 is 0.597 bits per heavy atom. The van der Waals surface area contributed by atoms with E-state index in [0.717, 1.165) is 194 Å². The van der Waals surface area contributed by atoms with Crippen molar-refractivity contribution >= 4 is 130 Å². The first-order chi connectivity index (χ1) is 59.7. The number of nitrogens with zero attached hydrogens (tertiary/aromatic N) is 8. The van der Waals surface area contributed by atoms with Crippen molar-refractivity contribution in [2.45, 2.75) is 105 Å². The van der Waals surface area contributed by atoms with Crippen molar-refractivity contribution < 1.29 is 52.3 Å². The Labute approximate surface area is 715 Å². The summed E-state index contributed by atoms with van der Waals surface area (Å²) in [5.74, 6) is 3.27. The molecule has 124 heavy (non-hydrogen) atoms. The van der Waals surface area contributed by atoms with E-state index in [1.54, 1.807) is 13.0 Å². The molecule has 0 spiro atoms. The molecule has 6 N–H and O–H groups in total. The highest BCUT2D eigenvalue weighted by Gasteiger charge is 2.35. The summed E-state index contributed by atoms with van der Waals surface area (Å²) in [4.78, 5) is 128. The van der Waals surface area contributed by atoms with Crippen molar-refractivity contribution in [3.8, 4) is 22.8 Å². The number of benzene rings is 8. The Bertz CT molecular complexity index is 6750. The predicted octanol–water partition coefficient (Wildman–Crippen LogP) is 15.9. The number of amides is 5. The summed E-state index contributed by atoms with van der Waals surface area (Å²) in [6, 6.07) is 53.8. The maximum absolute atomic E-state index is 12.6. The standard InChI is InChI=1S/C21H20N2O2.C18H24N4O3.C18H14N2O2.C17H16N2O2.C13H12N2O.C12H10N2O/c1-13(24)15-8-5-14(6-9-15)7-10-18-16-11-12-22-21(25)17-3-2-4-19(23-18)20(16)17;1-18(2,3)25-15(23)11-21(4)10-14-20-13-7-5-6-12-16(13)22(14)9-8-19-17(12)24;1-20-13-9-5-8-12-15(13)16(14(21)10-19-18(12)22)17(20)11-6-3-2-4-7-11;1-10-9-15(21-11(10)2)17-18-13-6-3-5-12-14(20)7-4-8-19(17)16(12)13;1-8-6-14-13(16)9-4-3-5-11-12(9)10(8)7-15(11)2;1-7-5-14-12(15)8-3-2-4-10-11(8)9(7)6-13-10/h2-6,8-9,16H,7,10-12H2,1H3,(H,22,25);5-7H,8-11H2,1-4H3,(H,19,24);2-9H,10H2,1H3,(H,19,22);3,5-6,9H,4,7-8H2,1-2H3;3-5,7H,1,6H2,2H3,(H,14,16);2-4,6,13H,1,5H2,(H,14,15). The number of furan rings is 1. The van der Waals surface area contributed by atoms with Gasteiger partial charge in [0.1, 0.15) is 17.2 Å². The van der Waals surface area contributed by atoms with Crippen LogP contribution in [-0.4, -0.2) is 149 Å². The quantitative estimate of drug-likeness (QED) is 0.0548. The molecule has 21 rings (SSSR count). The first-order valence-corrected chi connectivity index (χ1v) is 41.6. The minimum absolute atomic E-state index is 0.00983. The molecule has 8 aromatic carbocycles. The number of ketones is 3. The number of H-pyrrole nitrogens is 1. The minimum atomic E-state index is -0.495. The molecule has 7 aliphatic rings. The fraction of sp³-hybridized carbons (Fsp3) is 0.253. The van der Waals surface area contributed by atoms with Crippen LogP contribution in [0.5, 0.6) is 0 Å². The van der Waals surface area contributed by atoms with Crippen molar-refractivity contribution in [3.05, 3.63) is 279 Å². The summed E-state index contributed by atoms with van der Waals surface area (Å²) in [5.41, 5.74) is 22.9. The van der Waals surface area contributed by atoms with Gasteiger partial charge in [0.05, 0.1) is 64.2 Å². The third-order valence-electron chi connectivity index (χ3n) is 23.4. The number of imidazole rings is 2. The Hall–Kier alpha value is -14.5. The number of esters is 1. The van der Waals surface area contributed by atoms with Crippen molar-refractivity contribution in [2.75, 3.05) is 46.3 Å². The van der Waals surface area contributed by atoms with Gasteiger partial charge in [-0.3, -0.25) is 53.0 Å².